The Labute approximate surface area is 83.7 Å². The second kappa shape index (κ2) is 2.81. The Kier molecular flexibility index (Phi) is 1.69. The number of nitrogens with zero attached hydrogens (tertiary/aromatic N) is 3. The largest absolute Gasteiger partial charge is 0.330 e. The number of nitrogens with two attached hydrogens (primary N) is 1. The molecule has 4 heteroatoms. The van der Waals surface area contributed by atoms with Gasteiger partial charge in [-0.25, -0.2) is 4.98 Å². The van der Waals surface area contributed by atoms with Crippen LogP contribution in [0, 0.1) is 0 Å². The van der Waals surface area contributed by atoms with Gasteiger partial charge in [-0.2, -0.15) is 0 Å². The summed E-state index contributed by atoms with van der Waals surface area (Å²) in [4.78, 5) is 7.00. The van der Waals surface area contributed by atoms with Gasteiger partial charge in [0.05, 0.1) is 5.69 Å². The number of imidazole rings is 1. The molecule has 0 bridgehead atoms. The maximum absolute atomic E-state index is 5.92. The molecule has 0 spiro atoms. The van der Waals surface area contributed by atoms with E-state index in [0.717, 1.165) is 32.5 Å². The molecule has 0 fully saturated rings. The van der Waals surface area contributed by atoms with E-state index in [0.29, 0.717) is 6.04 Å². The molecule has 76 valence electrons. The van der Waals surface area contributed by atoms with Gasteiger partial charge >= 0.3 is 0 Å². The number of fused-ring (bicyclic) bond motifs is 3. The molecule has 0 radical (unpaired) electrons. The van der Waals surface area contributed by atoms with Crippen LogP contribution < -0.4 is 5.73 Å². The first-order valence-electron chi connectivity index (χ1n) is 5.25. The van der Waals surface area contributed by atoms with Crippen LogP contribution in [0.15, 0.2) is 0 Å². The van der Waals surface area contributed by atoms with Gasteiger partial charge in [0.15, 0.2) is 0 Å². The maximum atomic E-state index is 5.92. The molecule has 3 rings (SSSR count). The van der Waals surface area contributed by atoms with E-state index < -0.39 is 0 Å². The Bertz CT molecular complexity index is 368. The zero-order valence-corrected chi connectivity index (χ0v) is 8.53. The highest BCUT2D eigenvalue weighted by Gasteiger charge is 2.27. The summed E-state index contributed by atoms with van der Waals surface area (Å²) < 4.78 is 2.34. The molecule has 1 unspecified atom stereocenters. The van der Waals surface area contributed by atoms with Gasteiger partial charge in [0.25, 0.3) is 0 Å². The molecule has 1 aromatic rings. The van der Waals surface area contributed by atoms with Crippen LogP contribution in [-0.2, 0) is 25.9 Å². The van der Waals surface area contributed by atoms with Crippen molar-refractivity contribution in [3.63, 3.8) is 0 Å². The van der Waals surface area contributed by atoms with Crippen LogP contribution >= 0.6 is 0 Å². The van der Waals surface area contributed by atoms with Crippen LogP contribution in [0.4, 0.5) is 0 Å². The average Bonchev–Trinajstić information content (AvgIpc) is 2.59. The molecule has 0 saturated carbocycles. The summed E-state index contributed by atoms with van der Waals surface area (Å²) in [5, 5.41) is 0. The molecule has 0 saturated heterocycles. The molecular formula is C10H16N4. The number of hydrogen-bond acceptors (Lipinski definition) is 3. The van der Waals surface area contributed by atoms with Crippen LogP contribution in [0.1, 0.15) is 17.2 Å². The van der Waals surface area contributed by atoms with E-state index in [1.54, 1.807) is 0 Å². The van der Waals surface area contributed by atoms with E-state index in [-0.39, 0.29) is 0 Å². The van der Waals surface area contributed by atoms with Crippen LogP contribution in [0.25, 0.3) is 0 Å². The van der Waals surface area contributed by atoms with Gasteiger partial charge < -0.3 is 15.2 Å². The summed E-state index contributed by atoms with van der Waals surface area (Å²) in [5.41, 5.74) is 8.63. The predicted molar refractivity (Wildman–Crippen MR) is 53.9 cm³/mol. The summed E-state index contributed by atoms with van der Waals surface area (Å²) in [6.45, 7) is 3.12. The van der Waals surface area contributed by atoms with Crippen LogP contribution in [0.5, 0.6) is 0 Å². The minimum absolute atomic E-state index is 0.294. The standard InChI is InChI=1S/C10H16N4/c1-13-3-2-9-8(6-13)12-10-4-7(11)5-14(9)10/h7H,2-6,11H2,1H3. The van der Waals surface area contributed by atoms with Gasteiger partial charge in [0.1, 0.15) is 5.82 Å². The van der Waals surface area contributed by atoms with Gasteiger partial charge in [0.2, 0.25) is 0 Å². The second-order valence-electron chi connectivity index (χ2n) is 4.48. The molecule has 14 heavy (non-hydrogen) atoms. The molecule has 1 aromatic heterocycles. The highest BCUT2D eigenvalue weighted by Crippen LogP contribution is 2.23. The zero-order valence-electron chi connectivity index (χ0n) is 8.53. The minimum atomic E-state index is 0.294. The predicted octanol–water partition coefficient (Wildman–Crippen LogP) is -0.246. The topological polar surface area (TPSA) is 47.1 Å². The molecule has 0 aliphatic carbocycles. The molecule has 2 aliphatic heterocycles. The lowest BCUT2D eigenvalue weighted by atomic mass is 10.1. The highest BCUT2D eigenvalue weighted by atomic mass is 15.2. The molecule has 3 heterocycles. The third-order valence-electron chi connectivity index (χ3n) is 3.25. The lowest BCUT2D eigenvalue weighted by Crippen LogP contribution is -2.29. The Morgan fingerprint density at radius 3 is 3.21 bits per heavy atom. The fourth-order valence-electron chi connectivity index (χ4n) is 2.53. The molecule has 0 aromatic carbocycles. The van der Waals surface area contributed by atoms with Gasteiger partial charge in [-0.15, -0.1) is 0 Å². The van der Waals surface area contributed by atoms with Crippen molar-refractivity contribution in [2.75, 3.05) is 13.6 Å². The fourth-order valence-corrected chi connectivity index (χ4v) is 2.53. The SMILES string of the molecule is CN1CCc2c(nc3n2CC(N)C3)C1. The lowest BCUT2D eigenvalue weighted by molar-refractivity contribution is 0.304. The highest BCUT2D eigenvalue weighted by molar-refractivity contribution is 5.23. The van der Waals surface area contributed by atoms with Crippen molar-refractivity contribution >= 4 is 0 Å². The first-order valence-corrected chi connectivity index (χ1v) is 5.25. The molecule has 2 aliphatic rings. The molecule has 4 nitrogen and oxygen atoms in total. The first-order chi connectivity index (χ1) is 6.74. The van der Waals surface area contributed by atoms with Crippen molar-refractivity contribution in [1.82, 2.24) is 14.5 Å². The fraction of sp³-hybridized carbons (Fsp3) is 0.700. The van der Waals surface area contributed by atoms with Crippen molar-refractivity contribution in [2.45, 2.75) is 32.0 Å². The smallest absolute Gasteiger partial charge is 0.110 e. The van der Waals surface area contributed by atoms with E-state index in [1.807, 2.05) is 0 Å². The van der Waals surface area contributed by atoms with Gasteiger partial charge in [-0.05, 0) is 7.05 Å². The van der Waals surface area contributed by atoms with Gasteiger partial charge in [-0.1, -0.05) is 0 Å². The van der Waals surface area contributed by atoms with Gasteiger partial charge in [0, 0.05) is 44.2 Å². The average molecular weight is 192 g/mol. The third kappa shape index (κ3) is 1.11. The van der Waals surface area contributed by atoms with Crippen LogP contribution in [0.3, 0.4) is 0 Å². The van der Waals surface area contributed by atoms with Crippen LogP contribution in [-0.4, -0.2) is 34.1 Å². The van der Waals surface area contributed by atoms with E-state index in [9.17, 15) is 0 Å². The summed E-state index contributed by atoms with van der Waals surface area (Å²) in [7, 11) is 2.15. The first kappa shape index (κ1) is 8.44. The Hall–Kier alpha value is -0.870. The van der Waals surface area contributed by atoms with E-state index >= 15 is 0 Å². The summed E-state index contributed by atoms with van der Waals surface area (Å²) in [6.07, 6.45) is 2.09. The Morgan fingerprint density at radius 1 is 1.50 bits per heavy atom. The Balaban J connectivity index is 2.01. The van der Waals surface area contributed by atoms with E-state index in [4.69, 9.17) is 5.73 Å². The molecular weight excluding hydrogens is 176 g/mol. The summed E-state index contributed by atoms with van der Waals surface area (Å²) in [6, 6.07) is 0.294. The molecule has 1 atom stereocenters. The second-order valence-corrected chi connectivity index (χ2v) is 4.48. The summed E-state index contributed by atoms with van der Waals surface area (Å²) in [5.74, 6) is 1.21. The van der Waals surface area contributed by atoms with Gasteiger partial charge in [-0.3, -0.25) is 0 Å². The van der Waals surface area contributed by atoms with Crippen LogP contribution in [0.2, 0.25) is 0 Å². The van der Waals surface area contributed by atoms with Crippen molar-refractivity contribution < 1.29 is 0 Å². The van der Waals surface area contributed by atoms with Crippen molar-refractivity contribution in [1.29, 1.82) is 0 Å². The van der Waals surface area contributed by atoms with E-state index in [1.165, 1.54) is 17.2 Å². The lowest BCUT2D eigenvalue weighted by Gasteiger charge is -2.22. The number of rotatable bonds is 0. The zero-order chi connectivity index (χ0) is 9.71. The number of hydrogen-bond donors (Lipinski definition) is 1. The maximum Gasteiger partial charge on any atom is 0.110 e. The van der Waals surface area contributed by atoms with Crippen molar-refractivity contribution in [3.8, 4) is 0 Å². The normalized spacial score (nSPS) is 26.3. The van der Waals surface area contributed by atoms with Crippen molar-refractivity contribution in [3.05, 3.63) is 17.2 Å². The molecule has 2 N–H and O–H groups in total. The number of likely N-dealkylation sites (N-methyl/N-ethyl adjacent to an activating group) is 1. The van der Waals surface area contributed by atoms with Crippen molar-refractivity contribution in [2.24, 2.45) is 5.73 Å². The quantitative estimate of drug-likeness (QED) is 0.617. The minimum Gasteiger partial charge on any atom is -0.330 e. The molecule has 0 amide bonds. The monoisotopic (exact) mass is 192 g/mol. The van der Waals surface area contributed by atoms with E-state index in [2.05, 4.69) is 21.5 Å². The number of aromatic nitrogens is 2. The Morgan fingerprint density at radius 2 is 2.36 bits per heavy atom. The third-order valence-corrected chi connectivity index (χ3v) is 3.25. The summed E-state index contributed by atoms with van der Waals surface area (Å²) >= 11 is 0.